The van der Waals surface area contributed by atoms with Crippen molar-refractivity contribution >= 4 is 44.9 Å². The largest absolute Gasteiger partial charge is 0.493 e. The predicted molar refractivity (Wildman–Crippen MR) is 146 cm³/mol. The van der Waals surface area contributed by atoms with Crippen LogP contribution < -0.4 is 14.2 Å². The van der Waals surface area contributed by atoms with E-state index in [1.54, 1.807) is 25.3 Å². The van der Waals surface area contributed by atoms with Gasteiger partial charge in [-0.2, -0.15) is 0 Å². The minimum atomic E-state index is -0.330. The van der Waals surface area contributed by atoms with Crippen molar-refractivity contribution in [3.63, 3.8) is 0 Å². The Morgan fingerprint density at radius 2 is 1.69 bits per heavy atom. The molecule has 0 unspecified atom stereocenters. The van der Waals surface area contributed by atoms with E-state index < -0.39 is 0 Å². The van der Waals surface area contributed by atoms with Gasteiger partial charge in [0.2, 0.25) is 0 Å². The summed E-state index contributed by atoms with van der Waals surface area (Å²) in [4.78, 5) is 27.0. The van der Waals surface area contributed by atoms with E-state index in [-0.39, 0.29) is 24.3 Å². The van der Waals surface area contributed by atoms with Crippen LogP contribution in [-0.2, 0) is 11.4 Å². The van der Waals surface area contributed by atoms with Crippen LogP contribution in [0.3, 0.4) is 0 Å². The third kappa shape index (κ3) is 6.30. The van der Waals surface area contributed by atoms with Gasteiger partial charge in [-0.1, -0.05) is 46.3 Å². The van der Waals surface area contributed by atoms with Crippen molar-refractivity contribution in [2.24, 2.45) is 0 Å². The molecule has 6 nitrogen and oxygen atoms in total. The summed E-state index contributed by atoms with van der Waals surface area (Å²) in [6.45, 7) is 4.76. The smallest absolute Gasteiger partial charge is 0.293 e. The molecule has 0 saturated carbocycles. The summed E-state index contributed by atoms with van der Waals surface area (Å²) in [5.41, 5.74) is 3.86. The van der Waals surface area contributed by atoms with Crippen LogP contribution in [0.25, 0.3) is 6.08 Å². The molecule has 0 N–H and O–H groups in total. The molecule has 0 aliphatic carbocycles. The Morgan fingerprint density at radius 3 is 2.44 bits per heavy atom. The third-order valence-electron chi connectivity index (χ3n) is 5.58. The van der Waals surface area contributed by atoms with Crippen LogP contribution in [0.15, 0.2) is 70.0 Å². The van der Waals surface area contributed by atoms with E-state index in [2.05, 4.69) is 15.9 Å². The van der Waals surface area contributed by atoms with Crippen molar-refractivity contribution in [2.75, 3.05) is 20.3 Å². The van der Waals surface area contributed by atoms with Gasteiger partial charge in [0, 0.05) is 4.47 Å². The third-order valence-corrected chi connectivity index (χ3v) is 7.02. The number of methoxy groups -OCH3 is 1. The van der Waals surface area contributed by atoms with E-state index in [0.717, 1.165) is 44.2 Å². The minimum Gasteiger partial charge on any atom is -0.493 e. The number of rotatable bonds is 9. The number of hydrogen-bond acceptors (Lipinski definition) is 6. The normalized spacial score (nSPS) is 14.4. The fourth-order valence-electron chi connectivity index (χ4n) is 3.59. The van der Waals surface area contributed by atoms with Crippen molar-refractivity contribution in [1.29, 1.82) is 0 Å². The van der Waals surface area contributed by atoms with E-state index in [1.807, 2.05) is 62.4 Å². The van der Waals surface area contributed by atoms with Crippen LogP contribution >= 0.6 is 27.7 Å². The number of nitrogens with zero attached hydrogens (tertiary/aromatic N) is 1. The monoisotopic (exact) mass is 567 g/mol. The standard InChI is InChI=1S/C28H26BrNO5S/c1-18-4-5-19(2)24(14-18)34-13-12-30-27(31)26(36-28(30)32)16-21-8-11-23(25(15-21)33-3)35-17-20-6-9-22(29)10-7-20/h4-11,14-16H,12-13,17H2,1-3H3/b26-16-. The summed E-state index contributed by atoms with van der Waals surface area (Å²) in [5, 5.41) is -0.308. The lowest BCUT2D eigenvalue weighted by Gasteiger charge is -2.14. The Balaban J connectivity index is 1.40. The number of ether oxygens (including phenoxy) is 3. The molecule has 1 aliphatic heterocycles. The molecule has 36 heavy (non-hydrogen) atoms. The zero-order valence-corrected chi connectivity index (χ0v) is 22.6. The number of aryl methyl sites for hydroxylation is 2. The number of imide groups is 1. The van der Waals surface area contributed by atoms with Gasteiger partial charge in [0.25, 0.3) is 11.1 Å². The highest BCUT2D eigenvalue weighted by Gasteiger charge is 2.34. The van der Waals surface area contributed by atoms with Gasteiger partial charge >= 0.3 is 0 Å². The van der Waals surface area contributed by atoms with E-state index in [0.29, 0.717) is 23.0 Å². The molecule has 0 aromatic heterocycles. The van der Waals surface area contributed by atoms with Gasteiger partial charge in [0.1, 0.15) is 19.0 Å². The molecular formula is C28H26BrNO5S. The van der Waals surface area contributed by atoms with E-state index in [1.165, 1.54) is 4.90 Å². The average molecular weight is 568 g/mol. The van der Waals surface area contributed by atoms with Gasteiger partial charge in [-0.05, 0) is 84.3 Å². The molecule has 3 aromatic rings. The number of carbonyl (C=O) groups excluding carboxylic acids is 2. The van der Waals surface area contributed by atoms with Crippen molar-refractivity contribution in [1.82, 2.24) is 4.90 Å². The SMILES string of the molecule is COc1cc(/C=C2\SC(=O)N(CCOc3cc(C)ccc3C)C2=O)ccc1OCc1ccc(Br)cc1. The Kier molecular flexibility index (Phi) is 8.38. The summed E-state index contributed by atoms with van der Waals surface area (Å²) in [5.74, 6) is 1.56. The average Bonchev–Trinajstić information content (AvgIpc) is 3.13. The van der Waals surface area contributed by atoms with Crippen molar-refractivity contribution in [2.45, 2.75) is 20.5 Å². The van der Waals surface area contributed by atoms with Crippen molar-refractivity contribution < 1.29 is 23.8 Å². The highest BCUT2D eigenvalue weighted by Crippen LogP contribution is 2.35. The Bertz CT molecular complexity index is 1310. The van der Waals surface area contributed by atoms with Crippen LogP contribution in [0.5, 0.6) is 17.2 Å². The number of carbonyl (C=O) groups is 2. The minimum absolute atomic E-state index is 0.182. The zero-order chi connectivity index (χ0) is 25.7. The highest BCUT2D eigenvalue weighted by atomic mass is 79.9. The topological polar surface area (TPSA) is 65.1 Å². The second kappa shape index (κ2) is 11.7. The van der Waals surface area contributed by atoms with Gasteiger partial charge in [-0.25, -0.2) is 0 Å². The zero-order valence-electron chi connectivity index (χ0n) is 20.2. The van der Waals surface area contributed by atoms with Crippen LogP contribution in [-0.4, -0.2) is 36.3 Å². The maximum Gasteiger partial charge on any atom is 0.293 e. The molecule has 4 rings (SSSR count). The van der Waals surface area contributed by atoms with Crippen molar-refractivity contribution in [3.05, 3.63) is 92.3 Å². The molecule has 0 atom stereocenters. The summed E-state index contributed by atoms with van der Waals surface area (Å²) in [7, 11) is 1.56. The van der Waals surface area contributed by atoms with Gasteiger partial charge < -0.3 is 14.2 Å². The summed E-state index contributed by atoms with van der Waals surface area (Å²) in [6, 6.07) is 19.2. The first-order chi connectivity index (χ1) is 17.3. The molecule has 186 valence electrons. The fraction of sp³-hybridized carbons (Fsp3) is 0.214. The maximum absolute atomic E-state index is 12.9. The Labute approximate surface area is 223 Å². The number of thioether (sulfide) groups is 1. The van der Waals surface area contributed by atoms with Gasteiger partial charge in [0.05, 0.1) is 18.6 Å². The Morgan fingerprint density at radius 1 is 0.917 bits per heavy atom. The lowest BCUT2D eigenvalue weighted by molar-refractivity contribution is -0.123. The van der Waals surface area contributed by atoms with Crippen molar-refractivity contribution in [3.8, 4) is 17.2 Å². The first-order valence-corrected chi connectivity index (χ1v) is 13.0. The molecule has 0 radical (unpaired) electrons. The lowest BCUT2D eigenvalue weighted by Crippen LogP contribution is -2.32. The maximum atomic E-state index is 12.9. The number of hydrogen-bond donors (Lipinski definition) is 0. The van der Waals surface area contributed by atoms with Gasteiger partial charge in [0.15, 0.2) is 11.5 Å². The van der Waals surface area contributed by atoms with E-state index in [9.17, 15) is 9.59 Å². The van der Waals surface area contributed by atoms with Crippen LogP contribution in [0.2, 0.25) is 0 Å². The molecular weight excluding hydrogens is 542 g/mol. The van der Waals surface area contributed by atoms with Gasteiger partial charge in [-0.3, -0.25) is 14.5 Å². The van der Waals surface area contributed by atoms with Gasteiger partial charge in [-0.15, -0.1) is 0 Å². The molecule has 1 aliphatic rings. The van der Waals surface area contributed by atoms with Crippen LogP contribution in [0, 0.1) is 13.8 Å². The summed E-state index contributed by atoms with van der Waals surface area (Å²) >= 11 is 4.35. The first kappa shape index (κ1) is 25.9. The number of benzene rings is 3. The fourth-order valence-corrected chi connectivity index (χ4v) is 4.72. The molecule has 1 fully saturated rings. The summed E-state index contributed by atoms with van der Waals surface area (Å²) in [6.07, 6.45) is 1.69. The second-order valence-electron chi connectivity index (χ2n) is 8.28. The van der Waals surface area contributed by atoms with E-state index in [4.69, 9.17) is 14.2 Å². The number of amides is 2. The molecule has 0 spiro atoms. The quantitative estimate of drug-likeness (QED) is 0.266. The second-order valence-corrected chi connectivity index (χ2v) is 10.2. The molecule has 8 heteroatoms. The molecule has 3 aromatic carbocycles. The summed E-state index contributed by atoms with van der Waals surface area (Å²) < 4.78 is 18.2. The van der Waals surface area contributed by atoms with Crippen LogP contribution in [0.4, 0.5) is 4.79 Å². The predicted octanol–water partition coefficient (Wildman–Crippen LogP) is 6.77. The van der Waals surface area contributed by atoms with E-state index >= 15 is 0 Å². The molecule has 0 bridgehead atoms. The lowest BCUT2D eigenvalue weighted by atomic mass is 10.1. The highest BCUT2D eigenvalue weighted by molar-refractivity contribution is 9.10. The first-order valence-electron chi connectivity index (χ1n) is 11.3. The molecule has 1 saturated heterocycles. The molecule has 2 amide bonds. The number of halogens is 1. The van der Waals surface area contributed by atoms with Crippen LogP contribution in [0.1, 0.15) is 22.3 Å². The molecule has 1 heterocycles. The Hall–Kier alpha value is -3.23.